The maximum Gasteiger partial charge on any atom is 0.265 e. The molecule has 6 nitrogen and oxygen atoms in total. The average molecular weight is 488 g/mol. The number of hydrogen-bond acceptors (Lipinski definition) is 6. The predicted octanol–water partition coefficient (Wildman–Crippen LogP) is 4.25. The van der Waals surface area contributed by atoms with Crippen LogP contribution in [-0.4, -0.2) is 50.2 Å². The van der Waals surface area contributed by atoms with Crippen LogP contribution in [0.4, 0.5) is 5.69 Å². The van der Waals surface area contributed by atoms with Crippen molar-refractivity contribution >= 4 is 57.4 Å². The van der Waals surface area contributed by atoms with E-state index in [2.05, 4.69) is 13.8 Å². The number of imide groups is 1. The molecule has 2 aromatic rings. The van der Waals surface area contributed by atoms with Gasteiger partial charge in [-0.05, 0) is 43.7 Å². The number of thioether (sulfide) groups is 1. The topological polar surface area (TPSA) is 53.1 Å². The largest absolute Gasteiger partial charge is 0.353 e. The van der Waals surface area contributed by atoms with Crippen LogP contribution < -0.4 is 4.90 Å². The summed E-state index contributed by atoms with van der Waals surface area (Å²) in [5.74, 6) is -1.27. The number of benzene rings is 2. The van der Waals surface area contributed by atoms with Gasteiger partial charge in [0, 0.05) is 12.1 Å². The summed E-state index contributed by atoms with van der Waals surface area (Å²) in [4.78, 5) is 36.6. The molecular weight excluding hydrogens is 466 g/mol. The first-order valence-corrected chi connectivity index (χ1v) is 12.0. The summed E-state index contributed by atoms with van der Waals surface area (Å²) < 4.78 is 0.749. The van der Waals surface area contributed by atoms with Gasteiger partial charge in [0.15, 0.2) is 6.10 Å². The zero-order valence-corrected chi connectivity index (χ0v) is 20.2. The molecule has 0 bridgehead atoms. The summed E-state index contributed by atoms with van der Waals surface area (Å²) in [7, 11) is 1.96. The average Bonchev–Trinajstić information content (AvgIpc) is 3.34. The fourth-order valence-electron chi connectivity index (χ4n) is 4.56. The smallest absolute Gasteiger partial charge is 0.265 e. The number of thiocarbonyl (C=S) groups is 1. The molecule has 0 aromatic heterocycles. The van der Waals surface area contributed by atoms with Crippen molar-refractivity contribution < 1.29 is 14.4 Å². The summed E-state index contributed by atoms with van der Waals surface area (Å²) >= 11 is 13.2. The summed E-state index contributed by atoms with van der Waals surface area (Å²) in [6.45, 7) is 4.17. The standard InChI is InChI=1S/C23H22ClN3O3S2/c1-23(2)21(32-22(31)25(23)3)27-17(13-9-11-14(24)12-10-13)16-18(30-27)20(29)26(19(16)28)15-7-5-4-6-8-15/h4-12,16-18,21H,1-3H3/t16-,17+,18+,21-/m1/s1. The first kappa shape index (κ1) is 21.9. The molecule has 2 aromatic carbocycles. The molecule has 3 saturated heterocycles. The molecule has 0 unspecified atom stereocenters. The number of rotatable bonds is 3. The minimum absolute atomic E-state index is 0.197. The Hall–Kier alpha value is -1.97. The Morgan fingerprint density at radius 3 is 2.28 bits per heavy atom. The number of para-hydroxylation sites is 1. The van der Waals surface area contributed by atoms with E-state index >= 15 is 0 Å². The number of halogens is 1. The highest BCUT2D eigenvalue weighted by atomic mass is 35.5. The van der Waals surface area contributed by atoms with Gasteiger partial charge in [-0.3, -0.25) is 14.4 Å². The van der Waals surface area contributed by atoms with Gasteiger partial charge in [0.05, 0.1) is 23.2 Å². The van der Waals surface area contributed by atoms with Crippen LogP contribution in [0, 0.1) is 5.92 Å². The Morgan fingerprint density at radius 1 is 1.03 bits per heavy atom. The van der Waals surface area contributed by atoms with Crippen molar-refractivity contribution in [2.24, 2.45) is 5.92 Å². The number of likely N-dealkylation sites (N-methyl/N-ethyl adjacent to an activating group) is 1. The van der Waals surface area contributed by atoms with Gasteiger partial charge < -0.3 is 4.90 Å². The molecule has 0 radical (unpaired) electrons. The lowest BCUT2D eigenvalue weighted by Crippen LogP contribution is -2.51. The third-order valence-electron chi connectivity index (χ3n) is 6.56. The number of nitrogens with zero attached hydrogens (tertiary/aromatic N) is 3. The Bertz CT molecular complexity index is 1100. The third kappa shape index (κ3) is 3.20. The molecule has 4 atom stereocenters. The van der Waals surface area contributed by atoms with Crippen molar-refractivity contribution in [3.63, 3.8) is 0 Å². The Labute approximate surface area is 201 Å². The molecule has 0 spiro atoms. The molecule has 0 saturated carbocycles. The zero-order chi connectivity index (χ0) is 22.8. The van der Waals surface area contributed by atoms with Crippen LogP contribution in [-0.2, 0) is 14.4 Å². The second kappa shape index (κ2) is 7.81. The minimum atomic E-state index is -0.890. The molecule has 3 aliphatic rings. The first-order chi connectivity index (χ1) is 15.2. The van der Waals surface area contributed by atoms with E-state index < -0.39 is 18.1 Å². The quantitative estimate of drug-likeness (QED) is 0.473. The minimum Gasteiger partial charge on any atom is -0.353 e. The first-order valence-electron chi connectivity index (χ1n) is 10.3. The van der Waals surface area contributed by atoms with E-state index in [0.29, 0.717) is 10.7 Å². The molecule has 32 heavy (non-hydrogen) atoms. The van der Waals surface area contributed by atoms with Crippen molar-refractivity contribution in [3.05, 3.63) is 65.2 Å². The highest BCUT2D eigenvalue weighted by Crippen LogP contribution is 2.52. The highest BCUT2D eigenvalue weighted by Gasteiger charge is 2.63. The van der Waals surface area contributed by atoms with Crippen molar-refractivity contribution in [2.45, 2.75) is 36.9 Å². The van der Waals surface area contributed by atoms with Gasteiger partial charge in [-0.1, -0.05) is 65.9 Å². The number of carbonyl (C=O) groups excluding carboxylic acids is 2. The van der Waals surface area contributed by atoms with Gasteiger partial charge in [-0.15, -0.1) is 0 Å². The lowest BCUT2D eigenvalue weighted by molar-refractivity contribution is -0.188. The number of fused-ring (bicyclic) bond motifs is 1. The van der Waals surface area contributed by atoms with Gasteiger partial charge in [-0.2, -0.15) is 5.06 Å². The number of hydroxylamine groups is 2. The van der Waals surface area contributed by atoms with E-state index in [9.17, 15) is 9.59 Å². The summed E-state index contributed by atoms with van der Waals surface area (Å²) in [5, 5.41) is 2.22. The fourth-order valence-corrected chi connectivity index (χ4v) is 6.51. The Kier molecular flexibility index (Phi) is 5.34. The van der Waals surface area contributed by atoms with E-state index in [1.165, 1.54) is 16.7 Å². The van der Waals surface area contributed by atoms with Crippen LogP contribution >= 0.6 is 35.6 Å². The van der Waals surface area contributed by atoms with E-state index in [0.717, 1.165) is 9.88 Å². The molecule has 5 rings (SSSR count). The van der Waals surface area contributed by atoms with E-state index in [4.69, 9.17) is 28.7 Å². The van der Waals surface area contributed by atoms with Gasteiger partial charge >= 0.3 is 0 Å². The number of amides is 2. The van der Waals surface area contributed by atoms with Crippen molar-refractivity contribution in [2.75, 3.05) is 11.9 Å². The van der Waals surface area contributed by atoms with E-state index in [1.807, 2.05) is 47.3 Å². The van der Waals surface area contributed by atoms with Crippen LogP contribution in [0.1, 0.15) is 25.5 Å². The molecule has 3 aliphatic heterocycles. The lowest BCUT2D eigenvalue weighted by Gasteiger charge is -2.39. The van der Waals surface area contributed by atoms with Crippen LogP contribution in [0.25, 0.3) is 0 Å². The van der Waals surface area contributed by atoms with Crippen LogP contribution in [0.15, 0.2) is 54.6 Å². The van der Waals surface area contributed by atoms with Crippen molar-refractivity contribution in [3.8, 4) is 0 Å². The molecule has 166 valence electrons. The number of anilines is 1. The van der Waals surface area contributed by atoms with Gasteiger partial charge in [0.1, 0.15) is 9.69 Å². The summed E-state index contributed by atoms with van der Waals surface area (Å²) in [6.07, 6.45) is -0.890. The summed E-state index contributed by atoms with van der Waals surface area (Å²) in [6, 6.07) is 15.9. The Morgan fingerprint density at radius 2 is 1.69 bits per heavy atom. The van der Waals surface area contributed by atoms with Crippen LogP contribution in [0.2, 0.25) is 5.02 Å². The Balaban J connectivity index is 1.58. The molecule has 0 aliphatic carbocycles. The maximum atomic E-state index is 13.6. The summed E-state index contributed by atoms with van der Waals surface area (Å²) in [5.41, 5.74) is 1.06. The maximum absolute atomic E-state index is 13.6. The highest BCUT2D eigenvalue weighted by molar-refractivity contribution is 8.23. The monoisotopic (exact) mass is 487 g/mol. The normalized spacial score (nSPS) is 29.8. The number of hydrogen-bond donors (Lipinski definition) is 0. The third-order valence-corrected chi connectivity index (χ3v) is 8.86. The second-order valence-corrected chi connectivity index (χ2v) is 10.9. The van der Waals surface area contributed by atoms with Gasteiger partial charge in [0.25, 0.3) is 5.91 Å². The second-order valence-electron chi connectivity index (χ2n) is 8.70. The predicted molar refractivity (Wildman–Crippen MR) is 129 cm³/mol. The van der Waals surface area contributed by atoms with Crippen molar-refractivity contribution in [1.29, 1.82) is 0 Å². The number of carbonyl (C=O) groups is 2. The molecule has 3 heterocycles. The van der Waals surface area contributed by atoms with Gasteiger partial charge in [0.2, 0.25) is 5.91 Å². The van der Waals surface area contributed by atoms with Crippen LogP contribution in [0.5, 0.6) is 0 Å². The molecule has 2 amide bonds. The molecule has 0 N–H and O–H groups in total. The van der Waals surface area contributed by atoms with E-state index in [1.54, 1.807) is 24.3 Å². The van der Waals surface area contributed by atoms with Gasteiger partial charge in [-0.25, -0.2) is 4.90 Å². The molecule has 3 fully saturated rings. The SMILES string of the molecule is CN1C(=S)S[C@@H](N2O[C@@H]3C(=O)N(c4ccccc4)C(=O)[C@@H]3[C@@H]2c2ccc(Cl)cc2)C1(C)C. The van der Waals surface area contributed by atoms with E-state index in [-0.39, 0.29) is 22.7 Å². The van der Waals surface area contributed by atoms with Crippen LogP contribution in [0.3, 0.4) is 0 Å². The van der Waals surface area contributed by atoms with Crippen molar-refractivity contribution in [1.82, 2.24) is 9.96 Å². The molecule has 9 heteroatoms. The lowest BCUT2D eigenvalue weighted by atomic mass is 9.90. The fraction of sp³-hybridized carbons (Fsp3) is 0.348. The molecular formula is C23H22ClN3O3S2. The zero-order valence-electron chi connectivity index (χ0n) is 17.8.